The Morgan fingerprint density at radius 3 is 2.40 bits per heavy atom. The zero-order chi connectivity index (χ0) is 18.2. The molecule has 0 aliphatic rings. The van der Waals surface area contributed by atoms with E-state index in [0.29, 0.717) is 17.4 Å². The van der Waals surface area contributed by atoms with E-state index in [1.165, 1.54) is 12.5 Å². The molecule has 2 aromatic rings. The lowest BCUT2D eigenvalue weighted by molar-refractivity contribution is -0.118. The van der Waals surface area contributed by atoms with Gasteiger partial charge in [0.1, 0.15) is 5.75 Å². The summed E-state index contributed by atoms with van der Waals surface area (Å²) in [7, 11) is 0. The van der Waals surface area contributed by atoms with Gasteiger partial charge in [-0.1, -0.05) is 32.0 Å². The van der Waals surface area contributed by atoms with Crippen molar-refractivity contribution in [2.24, 2.45) is 0 Å². The van der Waals surface area contributed by atoms with Crippen LogP contribution >= 0.6 is 0 Å². The molecular formula is C20H24N2O3. The number of ether oxygens (including phenoxy) is 1. The van der Waals surface area contributed by atoms with Crippen molar-refractivity contribution in [1.29, 1.82) is 0 Å². The predicted molar refractivity (Wildman–Crippen MR) is 100 cm³/mol. The van der Waals surface area contributed by atoms with Crippen LogP contribution in [-0.4, -0.2) is 18.4 Å². The molecule has 0 bridgehead atoms. The molecule has 25 heavy (non-hydrogen) atoms. The van der Waals surface area contributed by atoms with E-state index < -0.39 is 0 Å². The van der Waals surface area contributed by atoms with Crippen molar-refractivity contribution in [2.45, 2.75) is 33.1 Å². The Bertz CT molecular complexity index is 726. The van der Waals surface area contributed by atoms with Crippen LogP contribution in [0, 0.1) is 0 Å². The monoisotopic (exact) mass is 340 g/mol. The lowest BCUT2D eigenvalue weighted by Crippen LogP contribution is -2.20. The minimum Gasteiger partial charge on any atom is -0.484 e. The first kappa shape index (κ1) is 18.5. The van der Waals surface area contributed by atoms with E-state index in [2.05, 4.69) is 24.5 Å². The molecule has 0 saturated heterocycles. The molecule has 2 N–H and O–H groups in total. The summed E-state index contributed by atoms with van der Waals surface area (Å²) >= 11 is 0. The van der Waals surface area contributed by atoms with E-state index in [-0.39, 0.29) is 18.4 Å². The fourth-order valence-electron chi connectivity index (χ4n) is 2.34. The lowest BCUT2D eigenvalue weighted by atomic mass is 9.99. The molecule has 132 valence electrons. The molecule has 0 radical (unpaired) electrons. The second kappa shape index (κ2) is 8.87. The summed E-state index contributed by atoms with van der Waals surface area (Å²) in [4.78, 5) is 23.1. The molecular weight excluding hydrogens is 316 g/mol. The highest BCUT2D eigenvalue weighted by atomic mass is 16.5. The minimum absolute atomic E-state index is 0.101. The summed E-state index contributed by atoms with van der Waals surface area (Å²) in [6.45, 7) is 5.67. The third kappa shape index (κ3) is 5.95. The number of anilines is 2. The van der Waals surface area contributed by atoms with Crippen LogP contribution in [-0.2, 0) is 9.59 Å². The third-order valence-corrected chi connectivity index (χ3v) is 3.90. The van der Waals surface area contributed by atoms with Gasteiger partial charge in [0.15, 0.2) is 6.61 Å². The van der Waals surface area contributed by atoms with Crippen molar-refractivity contribution < 1.29 is 14.3 Å². The summed E-state index contributed by atoms with van der Waals surface area (Å²) < 4.78 is 5.48. The molecule has 2 rings (SSSR count). The predicted octanol–water partition coefficient (Wildman–Crippen LogP) is 4.18. The fraction of sp³-hybridized carbons (Fsp3) is 0.300. The second-order valence-corrected chi connectivity index (χ2v) is 5.98. The Kier molecular flexibility index (Phi) is 6.57. The lowest BCUT2D eigenvalue weighted by Gasteiger charge is -2.11. The Morgan fingerprint density at radius 2 is 1.76 bits per heavy atom. The van der Waals surface area contributed by atoms with Gasteiger partial charge in [-0.05, 0) is 42.2 Å². The van der Waals surface area contributed by atoms with Gasteiger partial charge in [-0.15, -0.1) is 0 Å². The Hall–Kier alpha value is -2.82. The molecule has 2 aromatic carbocycles. The summed E-state index contributed by atoms with van der Waals surface area (Å²) in [6.07, 6.45) is 1.08. The smallest absolute Gasteiger partial charge is 0.262 e. The maximum atomic E-state index is 12.0. The first-order valence-electron chi connectivity index (χ1n) is 8.38. The quantitative estimate of drug-likeness (QED) is 0.795. The van der Waals surface area contributed by atoms with Gasteiger partial charge < -0.3 is 15.4 Å². The van der Waals surface area contributed by atoms with E-state index in [1.807, 2.05) is 24.3 Å². The van der Waals surface area contributed by atoms with Crippen LogP contribution in [0.5, 0.6) is 5.75 Å². The largest absolute Gasteiger partial charge is 0.484 e. The van der Waals surface area contributed by atoms with Crippen molar-refractivity contribution in [3.8, 4) is 5.75 Å². The van der Waals surface area contributed by atoms with Gasteiger partial charge in [-0.2, -0.15) is 0 Å². The first-order chi connectivity index (χ1) is 12.0. The molecule has 0 fully saturated rings. The van der Waals surface area contributed by atoms with Crippen molar-refractivity contribution in [2.75, 3.05) is 17.2 Å². The topological polar surface area (TPSA) is 67.4 Å². The number of hydrogen-bond acceptors (Lipinski definition) is 3. The molecule has 0 unspecified atom stereocenters. The molecule has 0 aliphatic carbocycles. The number of hydrogen-bond donors (Lipinski definition) is 2. The Balaban J connectivity index is 1.87. The van der Waals surface area contributed by atoms with Gasteiger partial charge in [-0.25, -0.2) is 0 Å². The molecule has 0 saturated carbocycles. The highest BCUT2D eigenvalue weighted by molar-refractivity contribution is 5.92. The van der Waals surface area contributed by atoms with Gasteiger partial charge >= 0.3 is 0 Å². The summed E-state index contributed by atoms with van der Waals surface area (Å²) in [5, 5.41) is 5.48. The first-order valence-corrected chi connectivity index (χ1v) is 8.38. The summed E-state index contributed by atoms with van der Waals surface area (Å²) in [6, 6.07) is 14.8. The number of amides is 2. The Labute approximate surface area is 148 Å². The van der Waals surface area contributed by atoms with Gasteiger partial charge in [0.25, 0.3) is 5.91 Å². The third-order valence-electron chi connectivity index (χ3n) is 3.90. The molecule has 5 heteroatoms. The SMILES string of the molecule is CC[C@@H](C)c1ccc(NC(=O)COc2cccc(NC(C)=O)c2)cc1. The van der Waals surface area contributed by atoms with Gasteiger partial charge in [0.05, 0.1) is 0 Å². The number of carbonyl (C=O) groups is 2. The number of benzene rings is 2. The molecule has 5 nitrogen and oxygen atoms in total. The molecule has 0 aromatic heterocycles. The average molecular weight is 340 g/mol. The zero-order valence-corrected chi connectivity index (χ0v) is 14.8. The molecule has 0 spiro atoms. The zero-order valence-electron chi connectivity index (χ0n) is 14.8. The standard InChI is InChI=1S/C20H24N2O3/c1-4-14(2)16-8-10-17(11-9-16)22-20(24)13-25-19-7-5-6-18(12-19)21-15(3)23/h5-12,14H,4,13H2,1-3H3,(H,21,23)(H,22,24)/t14-/m1/s1. The Morgan fingerprint density at radius 1 is 1.04 bits per heavy atom. The highest BCUT2D eigenvalue weighted by Gasteiger charge is 2.06. The van der Waals surface area contributed by atoms with Crippen molar-refractivity contribution >= 4 is 23.2 Å². The van der Waals surface area contributed by atoms with E-state index in [1.54, 1.807) is 24.3 Å². The maximum Gasteiger partial charge on any atom is 0.262 e. The van der Waals surface area contributed by atoms with Crippen LogP contribution in [0.2, 0.25) is 0 Å². The number of rotatable bonds is 7. The fourth-order valence-corrected chi connectivity index (χ4v) is 2.34. The van der Waals surface area contributed by atoms with Crippen LogP contribution < -0.4 is 15.4 Å². The van der Waals surface area contributed by atoms with Gasteiger partial charge in [-0.3, -0.25) is 9.59 Å². The van der Waals surface area contributed by atoms with Crippen LogP contribution in [0.25, 0.3) is 0 Å². The van der Waals surface area contributed by atoms with Crippen LogP contribution in [0.1, 0.15) is 38.7 Å². The van der Waals surface area contributed by atoms with Crippen LogP contribution in [0.15, 0.2) is 48.5 Å². The number of carbonyl (C=O) groups excluding carboxylic acids is 2. The van der Waals surface area contributed by atoms with Crippen LogP contribution in [0.3, 0.4) is 0 Å². The van der Waals surface area contributed by atoms with E-state index in [9.17, 15) is 9.59 Å². The van der Waals surface area contributed by atoms with Crippen molar-refractivity contribution in [3.63, 3.8) is 0 Å². The second-order valence-electron chi connectivity index (χ2n) is 5.98. The minimum atomic E-state index is -0.235. The molecule has 2 amide bonds. The van der Waals surface area contributed by atoms with E-state index in [0.717, 1.165) is 12.1 Å². The van der Waals surface area contributed by atoms with Crippen LogP contribution in [0.4, 0.5) is 11.4 Å². The van der Waals surface area contributed by atoms with Gasteiger partial charge in [0.2, 0.25) is 5.91 Å². The van der Waals surface area contributed by atoms with Crippen molar-refractivity contribution in [3.05, 3.63) is 54.1 Å². The van der Waals surface area contributed by atoms with Crippen molar-refractivity contribution in [1.82, 2.24) is 0 Å². The normalized spacial score (nSPS) is 11.5. The summed E-state index contributed by atoms with van der Waals surface area (Å²) in [5.74, 6) is 0.634. The summed E-state index contributed by atoms with van der Waals surface area (Å²) in [5.41, 5.74) is 2.63. The number of nitrogens with one attached hydrogen (secondary N) is 2. The molecule has 0 heterocycles. The van der Waals surface area contributed by atoms with E-state index >= 15 is 0 Å². The molecule has 0 aliphatic heterocycles. The highest BCUT2D eigenvalue weighted by Crippen LogP contribution is 2.21. The maximum absolute atomic E-state index is 12.0. The van der Waals surface area contributed by atoms with E-state index in [4.69, 9.17) is 4.74 Å². The van der Waals surface area contributed by atoms with Gasteiger partial charge in [0, 0.05) is 24.4 Å². The molecule has 1 atom stereocenters. The average Bonchev–Trinajstić information content (AvgIpc) is 2.60.